The summed E-state index contributed by atoms with van der Waals surface area (Å²) in [4.78, 5) is 11.8. The van der Waals surface area contributed by atoms with E-state index in [1.165, 1.54) is 0 Å². The first-order chi connectivity index (χ1) is 9.96. The van der Waals surface area contributed by atoms with Crippen LogP contribution in [0.15, 0.2) is 54.6 Å². The van der Waals surface area contributed by atoms with Gasteiger partial charge in [0.2, 0.25) is 0 Å². The molecule has 0 spiro atoms. The van der Waals surface area contributed by atoms with Crippen molar-refractivity contribution >= 4 is 11.7 Å². The van der Waals surface area contributed by atoms with E-state index in [4.69, 9.17) is 4.74 Å². The molecule has 0 aliphatic heterocycles. The normalized spacial score (nSPS) is 11.0. The number of nitrogens with one attached hydrogen (secondary N) is 1. The van der Waals surface area contributed by atoms with Crippen LogP contribution >= 0.6 is 0 Å². The minimum atomic E-state index is -0.461. The highest BCUT2D eigenvalue weighted by atomic mass is 16.6. The number of carbonyl (C=O) groups is 1. The lowest BCUT2D eigenvalue weighted by Crippen LogP contribution is -2.28. The fourth-order valence-corrected chi connectivity index (χ4v) is 2.05. The van der Waals surface area contributed by atoms with E-state index in [1.807, 2.05) is 75.4 Å². The average Bonchev–Trinajstić information content (AvgIpc) is 2.45. The molecule has 0 unspecified atom stereocenters. The molecule has 0 radical (unpaired) electrons. The maximum absolute atomic E-state index is 11.8. The van der Waals surface area contributed by atoms with E-state index in [0.29, 0.717) is 0 Å². The average molecular weight is 283 g/mol. The van der Waals surface area contributed by atoms with Crippen LogP contribution in [0.1, 0.15) is 20.8 Å². The zero-order chi connectivity index (χ0) is 15.3. The van der Waals surface area contributed by atoms with Crippen molar-refractivity contribution in [3.05, 3.63) is 54.6 Å². The van der Waals surface area contributed by atoms with Crippen LogP contribution in [0.5, 0.6) is 0 Å². The van der Waals surface area contributed by atoms with Crippen molar-refractivity contribution in [3.63, 3.8) is 0 Å². The molecular weight excluding hydrogens is 262 g/mol. The molecule has 3 nitrogen and oxygen atoms in total. The summed E-state index contributed by atoms with van der Waals surface area (Å²) >= 11 is 0. The number of benzene rings is 2. The highest BCUT2D eigenvalue weighted by molar-refractivity contribution is 5.81. The molecule has 110 valence electrons. The van der Waals surface area contributed by atoms with Gasteiger partial charge in [-0.15, -0.1) is 0 Å². The molecule has 0 aromatic heterocycles. The molecule has 1 N–H and O–H groups in total. The van der Waals surface area contributed by atoms with Crippen LogP contribution in [-0.2, 0) is 9.53 Å². The van der Waals surface area contributed by atoms with E-state index in [0.717, 1.165) is 16.8 Å². The standard InChI is InChI=1S/C18H21NO2/c1-18(2,3)21-17(20)13-19-16-12-8-7-11-15(16)14-9-5-4-6-10-14/h4-12,19H,13H2,1-3H3. The van der Waals surface area contributed by atoms with Gasteiger partial charge in [0.25, 0.3) is 0 Å². The highest BCUT2D eigenvalue weighted by Crippen LogP contribution is 2.27. The van der Waals surface area contributed by atoms with Gasteiger partial charge in [0.1, 0.15) is 12.1 Å². The summed E-state index contributed by atoms with van der Waals surface area (Å²) in [5.41, 5.74) is 2.65. The predicted octanol–water partition coefficient (Wildman–Crippen LogP) is 4.11. The summed E-state index contributed by atoms with van der Waals surface area (Å²) in [6.45, 7) is 5.75. The van der Waals surface area contributed by atoms with Crippen LogP contribution in [0.2, 0.25) is 0 Å². The molecular formula is C18H21NO2. The summed E-state index contributed by atoms with van der Waals surface area (Å²) in [7, 11) is 0. The molecule has 0 aliphatic rings. The first-order valence-corrected chi connectivity index (χ1v) is 7.06. The molecule has 2 rings (SSSR count). The number of rotatable bonds is 4. The van der Waals surface area contributed by atoms with Crippen molar-refractivity contribution in [2.75, 3.05) is 11.9 Å². The fourth-order valence-electron chi connectivity index (χ4n) is 2.05. The van der Waals surface area contributed by atoms with Crippen LogP contribution in [0.4, 0.5) is 5.69 Å². The van der Waals surface area contributed by atoms with E-state index in [2.05, 4.69) is 5.32 Å². The van der Waals surface area contributed by atoms with Gasteiger partial charge in [-0.3, -0.25) is 4.79 Å². The molecule has 2 aromatic carbocycles. The van der Waals surface area contributed by atoms with Crippen LogP contribution < -0.4 is 5.32 Å². The van der Waals surface area contributed by atoms with E-state index < -0.39 is 5.60 Å². The van der Waals surface area contributed by atoms with Crippen molar-refractivity contribution in [2.24, 2.45) is 0 Å². The quantitative estimate of drug-likeness (QED) is 0.858. The van der Waals surface area contributed by atoms with Crippen molar-refractivity contribution in [1.82, 2.24) is 0 Å². The SMILES string of the molecule is CC(C)(C)OC(=O)CNc1ccccc1-c1ccccc1. The van der Waals surface area contributed by atoms with Crippen LogP contribution in [0.25, 0.3) is 11.1 Å². The first-order valence-electron chi connectivity index (χ1n) is 7.06. The van der Waals surface area contributed by atoms with Crippen LogP contribution in [0, 0.1) is 0 Å². The third-order valence-electron chi connectivity index (χ3n) is 2.86. The minimum Gasteiger partial charge on any atom is -0.459 e. The lowest BCUT2D eigenvalue weighted by Gasteiger charge is -2.20. The smallest absolute Gasteiger partial charge is 0.325 e. The Bertz CT molecular complexity index is 600. The Hall–Kier alpha value is -2.29. The molecule has 0 aliphatic carbocycles. The number of carbonyl (C=O) groups excluding carboxylic acids is 1. The van der Waals surface area contributed by atoms with Gasteiger partial charge in [0.15, 0.2) is 0 Å². The third kappa shape index (κ3) is 4.63. The summed E-state index contributed by atoms with van der Waals surface area (Å²) in [5.74, 6) is -0.259. The number of anilines is 1. The second-order valence-corrected chi connectivity index (χ2v) is 5.85. The molecule has 0 bridgehead atoms. The summed E-state index contributed by atoms with van der Waals surface area (Å²) in [6.07, 6.45) is 0. The van der Waals surface area contributed by atoms with Gasteiger partial charge in [-0.1, -0.05) is 48.5 Å². The maximum atomic E-state index is 11.8. The Morgan fingerprint density at radius 1 is 1.00 bits per heavy atom. The Balaban J connectivity index is 2.10. The van der Waals surface area contributed by atoms with E-state index >= 15 is 0 Å². The molecule has 0 saturated heterocycles. The molecule has 0 saturated carbocycles. The number of para-hydroxylation sites is 1. The van der Waals surface area contributed by atoms with Gasteiger partial charge in [0, 0.05) is 11.3 Å². The Labute approximate surface area is 126 Å². The number of hydrogen-bond acceptors (Lipinski definition) is 3. The van der Waals surface area contributed by atoms with Gasteiger partial charge in [-0.05, 0) is 32.4 Å². The molecule has 0 atom stereocenters. The molecule has 3 heteroatoms. The van der Waals surface area contributed by atoms with Gasteiger partial charge < -0.3 is 10.1 Å². The summed E-state index contributed by atoms with van der Waals surface area (Å²) in [5, 5.41) is 3.16. The van der Waals surface area contributed by atoms with Gasteiger partial charge in [0.05, 0.1) is 0 Å². The summed E-state index contributed by atoms with van der Waals surface area (Å²) in [6, 6.07) is 18.0. The zero-order valence-electron chi connectivity index (χ0n) is 12.7. The number of ether oxygens (including phenoxy) is 1. The van der Waals surface area contributed by atoms with Gasteiger partial charge in [-0.2, -0.15) is 0 Å². The molecule has 0 fully saturated rings. The Kier molecular flexibility index (Phi) is 4.63. The topological polar surface area (TPSA) is 38.3 Å². The molecule has 21 heavy (non-hydrogen) atoms. The van der Waals surface area contributed by atoms with Crippen LogP contribution in [0.3, 0.4) is 0 Å². The Morgan fingerprint density at radius 2 is 1.62 bits per heavy atom. The third-order valence-corrected chi connectivity index (χ3v) is 2.86. The second-order valence-electron chi connectivity index (χ2n) is 5.85. The minimum absolute atomic E-state index is 0.154. The van der Waals surface area contributed by atoms with Crippen molar-refractivity contribution in [2.45, 2.75) is 26.4 Å². The van der Waals surface area contributed by atoms with Crippen molar-refractivity contribution in [3.8, 4) is 11.1 Å². The lowest BCUT2D eigenvalue weighted by atomic mass is 10.0. The number of esters is 1. The Morgan fingerprint density at radius 3 is 2.29 bits per heavy atom. The van der Waals surface area contributed by atoms with E-state index in [9.17, 15) is 4.79 Å². The fraction of sp³-hybridized carbons (Fsp3) is 0.278. The summed E-state index contributed by atoms with van der Waals surface area (Å²) < 4.78 is 5.30. The van der Waals surface area contributed by atoms with Crippen molar-refractivity contribution in [1.29, 1.82) is 0 Å². The van der Waals surface area contributed by atoms with Gasteiger partial charge >= 0.3 is 5.97 Å². The molecule has 2 aromatic rings. The molecule has 0 amide bonds. The van der Waals surface area contributed by atoms with E-state index in [1.54, 1.807) is 0 Å². The molecule has 0 heterocycles. The lowest BCUT2D eigenvalue weighted by molar-refractivity contribution is -0.152. The van der Waals surface area contributed by atoms with E-state index in [-0.39, 0.29) is 12.5 Å². The van der Waals surface area contributed by atoms with Crippen molar-refractivity contribution < 1.29 is 9.53 Å². The highest BCUT2D eigenvalue weighted by Gasteiger charge is 2.16. The second kappa shape index (κ2) is 6.44. The maximum Gasteiger partial charge on any atom is 0.325 e. The first kappa shape index (κ1) is 15.1. The van der Waals surface area contributed by atoms with Crippen LogP contribution in [-0.4, -0.2) is 18.1 Å². The van der Waals surface area contributed by atoms with Gasteiger partial charge in [-0.25, -0.2) is 0 Å². The monoisotopic (exact) mass is 283 g/mol. The number of hydrogen-bond donors (Lipinski definition) is 1. The zero-order valence-corrected chi connectivity index (χ0v) is 12.7. The predicted molar refractivity (Wildman–Crippen MR) is 86.2 cm³/mol. The largest absolute Gasteiger partial charge is 0.459 e.